The first-order valence-electron chi connectivity index (χ1n) is 11.6. The van der Waals surface area contributed by atoms with Crippen LogP contribution >= 0.6 is 23.2 Å². The van der Waals surface area contributed by atoms with Crippen molar-refractivity contribution in [3.8, 4) is 5.75 Å². The third-order valence-corrected chi connectivity index (χ3v) is 6.79. The molecule has 202 valence electrons. The lowest BCUT2D eigenvalue weighted by atomic mass is 10.1. The smallest absolute Gasteiger partial charge is 0.417 e. The average molecular weight is 576 g/mol. The third-order valence-electron chi connectivity index (χ3n) is 6.02. The van der Waals surface area contributed by atoms with E-state index in [1.807, 2.05) is 37.3 Å². The van der Waals surface area contributed by atoms with Crippen LogP contribution in [0.2, 0.25) is 10.0 Å². The van der Waals surface area contributed by atoms with Gasteiger partial charge in [0.1, 0.15) is 12.4 Å². The number of nitrogens with zero attached hydrogens (tertiary/aromatic N) is 2. The van der Waals surface area contributed by atoms with Crippen molar-refractivity contribution in [2.75, 3.05) is 18.5 Å². The Morgan fingerprint density at radius 3 is 2.46 bits per heavy atom. The van der Waals surface area contributed by atoms with Crippen LogP contribution in [0.25, 0.3) is 10.9 Å². The Bertz CT molecular complexity index is 1560. The first-order valence-corrected chi connectivity index (χ1v) is 12.4. The van der Waals surface area contributed by atoms with Crippen molar-refractivity contribution >= 4 is 51.6 Å². The number of ether oxygens (including phenoxy) is 1. The van der Waals surface area contributed by atoms with Crippen molar-refractivity contribution < 1.29 is 27.5 Å². The van der Waals surface area contributed by atoms with Crippen LogP contribution < -0.4 is 15.0 Å². The van der Waals surface area contributed by atoms with Crippen molar-refractivity contribution in [2.45, 2.75) is 19.7 Å². The number of nitrogens with one attached hydrogen (secondary N) is 1. The molecule has 4 aromatic rings. The van der Waals surface area contributed by atoms with Gasteiger partial charge in [0.15, 0.2) is 0 Å². The first kappa shape index (κ1) is 28.2. The van der Waals surface area contributed by atoms with E-state index in [1.54, 1.807) is 6.07 Å². The highest BCUT2D eigenvalue weighted by Gasteiger charge is 2.35. The quantitative estimate of drug-likeness (QED) is 0.262. The monoisotopic (exact) mass is 575 g/mol. The molecule has 0 saturated heterocycles. The molecule has 1 heterocycles. The fraction of sp³-hybridized carbons (Fsp3) is 0.179. The Kier molecular flexibility index (Phi) is 8.32. The summed E-state index contributed by atoms with van der Waals surface area (Å²) in [5.74, 6) is -1.10. The van der Waals surface area contributed by atoms with Crippen molar-refractivity contribution in [3.05, 3.63) is 99.2 Å². The first-order chi connectivity index (χ1) is 18.5. The number of carbonyl (C=O) groups is 2. The molecule has 6 nitrogen and oxygen atoms in total. The summed E-state index contributed by atoms with van der Waals surface area (Å²) < 4.78 is 45.7. The van der Waals surface area contributed by atoms with Crippen LogP contribution in [-0.2, 0) is 17.6 Å². The Labute approximate surface area is 232 Å². The van der Waals surface area contributed by atoms with E-state index in [-0.39, 0.29) is 17.3 Å². The molecule has 0 aliphatic carbocycles. The standard InChI is InChI=1S/C28H22Cl2F3N3O3/c1-16-24(13-17-7-3-6-10-22(17)35-16)39-15-19-21(29)11-12-23(26(19)30)36(2)25(37)14-34-27(38)18-8-4-5-9-20(18)28(31,32)33/h3-13H,14-15H2,1-2H3,(H,34,38). The van der Waals surface area contributed by atoms with E-state index in [1.165, 1.54) is 30.1 Å². The van der Waals surface area contributed by atoms with Crippen molar-refractivity contribution in [2.24, 2.45) is 0 Å². The number of anilines is 1. The lowest BCUT2D eigenvalue weighted by Crippen LogP contribution is -2.38. The number of aromatic nitrogens is 1. The zero-order valence-corrected chi connectivity index (χ0v) is 22.3. The van der Waals surface area contributed by atoms with Crippen LogP contribution in [0.1, 0.15) is 27.2 Å². The molecule has 4 rings (SSSR count). The average Bonchev–Trinajstić information content (AvgIpc) is 2.90. The number of carbonyl (C=O) groups excluding carboxylic acids is 2. The maximum Gasteiger partial charge on any atom is 0.417 e. The summed E-state index contributed by atoms with van der Waals surface area (Å²) in [6.45, 7) is 1.24. The molecule has 0 saturated carbocycles. The molecule has 0 fully saturated rings. The number of benzene rings is 3. The molecule has 3 aromatic carbocycles. The Morgan fingerprint density at radius 1 is 1.03 bits per heavy atom. The van der Waals surface area contributed by atoms with Crippen LogP contribution in [0.15, 0.2) is 66.7 Å². The molecule has 2 amide bonds. The van der Waals surface area contributed by atoms with E-state index in [9.17, 15) is 22.8 Å². The van der Waals surface area contributed by atoms with Crippen molar-refractivity contribution in [3.63, 3.8) is 0 Å². The Balaban J connectivity index is 1.47. The van der Waals surface area contributed by atoms with Crippen LogP contribution in [0.3, 0.4) is 0 Å². The lowest BCUT2D eigenvalue weighted by Gasteiger charge is -2.21. The molecule has 11 heteroatoms. The fourth-order valence-electron chi connectivity index (χ4n) is 3.90. The SMILES string of the molecule is Cc1nc2ccccc2cc1OCc1c(Cl)ccc(N(C)C(=O)CNC(=O)c2ccccc2C(F)(F)F)c1Cl. The zero-order chi connectivity index (χ0) is 28.3. The zero-order valence-electron chi connectivity index (χ0n) is 20.8. The predicted molar refractivity (Wildman–Crippen MR) is 144 cm³/mol. The van der Waals surface area contributed by atoms with Gasteiger partial charge >= 0.3 is 6.18 Å². The van der Waals surface area contributed by atoms with Gasteiger partial charge in [-0.05, 0) is 43.3 Å². The number of likely N-dealkylation sites (N-methyl/N-ethyl adjacent to an activating group) is 1. The maximum absolute atomic E-state index is 13.2. The van der Waals surface area contributed by atoms with Crippen LogP contribution in [-0.4, -0.2) is 30.4 Å². The van der Waals surface area contributed by atoms with Crippen molar-refractivity contribution in [1.82, 2.24) is 10.3 Å². The summed E-state index contributed by atoms with van der Waals surface area (Å²) in [5.41, 5.74) is 0.532. The van der Waals surface area contributed by atoms with E-state index < -0.39 is 35.7 Å². The second-order valence-corrected chi connectivity index (χ2v) is 9.38. The van der Waals surface area contributed by atoms with E-state index in [0.717, 1.165) is 23.0 Å². The molecular formula is C28H22Cl2F3N3O3. The van der Waals surface area contributed by atoms with E-state index in [4.69, 9.17) is 27.9 Å². The van der Waals surface area contributed by atoms with Gasteiger partial charge in [0.25, 0.3) is 5.91 Å². The number of hydrogen-bond acceptors (Lipinski definition) is 4. The number of rotatable bonds is 7. The molecule has 39 heavy (non-hydrogen) atoms. The minimum Gasteiger partial charge on any atom is -0.487 e. The van der Waals surface area contributed by atoms with Crippen molar-refractivity contribution in [1.29, 1.82) is 0 Å². The molecule has 0 radical (unpaired) electrons. The van der Waals surface area contributed by atoms with Gasteiger partial charge in [0.05, 0.1) is 39.6 Å². The summed E-state index contributed by atoms with van der Waals surface area (Å²) >= 11 is 13.0. The second kappa shape index (κ2) is 11.5. The van der Waals surface area contributed by atoms with Crippen LogP contribution in [0.5, 0.6) is 5.75 Å². The summed E-state index contributed by atoms with van der Waals surface area (Å²) in [6, 6.07) is 16.9. The number of pyridine rings is 1. The minimum atomic E-state index is -4.72. The summed E-state index contributed by atoms with van der Waals surface area (Å²) in [7, 11) is 1.43. The number of aryl methyl sites for hydroxylation is 1. The molecule has 1 aromatic heterocycles. The Morgan fingerprint density at radius 2 is 1.72 bits per heavy atom. The van der Waals surface area contributed by atoms with Gasteiger partial charge in [0, 0.05) is 23.0 Å². The predicted octanol–water partition coefficient (Wildman–Crippen LogP) is 6.84. The molecule has 0 unspecified atom stereocenters. The minimum absolute atomic E-state index is 0.0145. The fourth-order valence-corrected chi connectivity index (χ4v) is 4.50. The maximum atomic E-state index is 13.2. The van der Waals surface area contributed by atoms with Crippen LogP contribution in [0, 0.1) is 6.92 Å². The van der Waals surface area contributed by atoms with Gasteiger partial charge in [-0.25, -0.2) is 4.98 Å². The summed E-state index contributed by atoms with van der Waals surface area (Å²) in [4.78, 5) is 31.0. The number of alkyl halides is 3. The number of amides is 2. The summed E-state index contributed by atoms with van der Waals surface area (Å²) in [5, 5.41) is 3.61. The lowest BCUT2D eigenvalue weighted by molar-refractivity contribution is -0.137. The number of para-hydroxylation sites is 1. The van der Waals surface area contributed by atoms with Crippen LogP contribution in [0.4, 0.5) is 18.9 Å². The molecule has 0 aliphatic heterocycles. The molecule has 0 atom stereocenters. The Hall–Kier alpha value is -3.82. The van der Waals surface area contributed by atoms with E-state index in [0.29, 0.717) is 22.0 Å². The van der Waals surface area contributed by atoms with Gasteiger partial charge in [-0.3, -0.25) is 9.59 Å². The van der Waals surface area contributed by atoms with Gasteiger partial charge < -0.3 is 15.0 Å². The molecule has 0 bridgehead atoms. The van der Waals surface area contributed by atoms with E-state index >= 15 is 0 Å². The third kappa shape index (κ3) is 6.26. The number of halogens is 5. The molecule has 0 aliphatic rings. The molecule has 1 N–H and O–H groups in total. The summed E-state index contributed by atoms with van der Waals surface area (Å²) in [6.07, 6.45) is -4.72. The van der Waals surface area contributed by atoms with E-state index in [2.05, 4.69) is 10.3 Å². The van der Waals surface area contributed by atoms with Gasteiger partial charge in [-0.2, -0.15) is 13.2 Å². The topological polar surface area (TPSA) is 71.5 Å². The highest BCUT2D eigenvalue weighted by atomic mass is 35.5. The highest BCUT2D eigenvalue weighted by molar-refractivity contribution is 6.38. The second-order valence-electron chi connectivity index (χ2n) is 8.59. The number of fused-ring (bicyclic) bond motifs is 1. The molecular weight excluding hydrogens is 554 g/mol. The van der Waals surface area contributed by atoms with Gasteiger partial charge in [0.2, 0.25) is 5.91 Å². The van der Waals surface area contributed by atoms with Gasteiger partial charge in [-0.15, -0.1) is 0 Å². The normalized spacial score (nSPS) is 11.4. The largest absolute Gasteiger partial charge is 0.487 e. The van der Waals surface area contributed by atoms with Gasteiger partial charge in [-0.1, -0.05) is 53.5 Å². The highest BCUT2D eigenvalue weighted by Crippen LogP contribution is 2.35. The molecule has 0 spiro atoms. The number of hydrogen-bond donors (Lipinski definition) is 1.